The lowest BCUT2D eigenvalue weighted by Crippen LogP contribution is -2.22. The Morgan fingerprint density at radius 1 is 1.06 bits per heavy atom. The molecule has 0 saturated carbocycles. The topological polar surface area (TPSA) is 4.41 Å². The predicted octanol–water partition coefficient (Wildman–Crippen LogP) is 4.92. The fraction of sp³-hybridized carbons (Fsp3) is 0.529. The van der Waals surface area contributed by atoms with Crippen molar-refractivity contribution in [3.63, 3.8) is 0 Å². The Bertz CT molecular complexity index is 552. The highest BCUT2D eigenvalue weighted by Gasteiger charge is 2.30. The highest BCUT2D eigenvalue weighted by Crippen LogP contribution is 2.39. The van der Waals surface area contributed by atoms with E-state index in [1.165, 1.54) is 16.6 Å². The van der Waals surface area contributed by atoms with E-state index in [1.807, 2.05) is 0 Å². The summed E-state index contributed by atoms with van der Waals surface area (Å²) in [6, 6.07) is 6.47. The molecule has 0 atom stereocenters. The smallest absolute Gasteiger partial charge is 0.0490 e. The lowest BCUT2D eigenvalue weighted by molar-refractivity contribution is 0.486. The van der Waals surface area contributed by atoms with E-state index in [9.17, 15) is 0 Å². The molecule has 2 aromatic rings. The maximum atomic E-state index is 2.35. The van der Waals surface area contributed by atoms with Crippen LogP contribution in [0.1, 0.15) is 59.1 Å². The summed E-state index contributed by atoms with van der Waals surface area (Å²) in [5.74, 6) is 0. The highest BCUT2D eigenvalue weighted by molar-refractivity contribution is 5.63. The second-order valence-corrected chi connectivity index (χ2v) is 6.90. The van der Waals surface area contributed by atoms with Crippen LogP contribution >= 0.6 is 0 Å². The minimum Gasteiger partial charge on any atom is -0.323 e. The van der Waals surface area contributed by atoms with Crippen molar-refractivity contribution < 1.29 is 0 Å². The number of nitrogens with zero attached hydrogens (tertiary/aromatic N) is 1. The summed E-state index contributed by atoms with van der Waals surface area (Å²) < 4.78 is 2.27. The van der Waals surface area contributed by atoms with Gasteiger partial charge >= 0.3 is 0 Å². The predicted molar refractivity (Wildman–Crippen MR) is 79.4 cm³/mol. The summed E-state index contributed by atoms with van der Waals surface area (Å²) >= 11 is 0. The van der Waals surface area contributed by atoms with E-state index < -0.39 is 0 Å². The third-order valence-electron chi connectivity index (χ3n) is 4.05. The van der Waals surface area contributed by atoms with Gasteiger partial charge in [0, 0.05) is 17.9 Å². The molecule has 98 valence electrons. The van der Waals surface area contributed by atoms with Crippen LogP contribution in [-0.4, -0.2) is 4.40 Å². The van der Waals surface area contributed by atoms with Gasteiger partial charge in [-0.05, 0) is 40.5 Å². The first kappa shape index (κ1) is 13.2. The van der Waals surface area contributed by atoms with Gasteiger partial charge in [0.15, 0.2) is 0 Å². The fourth-order valence-electron chi connectivity index (χ4n) is 2.58. The molecule has 18 heavy (non-hydrogen) atoms. The molecule has 0 amide bonds. The highest BCUT2D eigenvalue weighted by atomic mass is 14.9. The van der Waals surface area contributed by atoms with E-state index in [-0.39, 0.29) is 10.8 Å². The summed E-state index contributed by atoms with van der Waals surface area (Å²) in [7, 11) is 0. The number of rotatable bonds is 2. The van der Waals surface area contributed by atoms with Gasteiger partial charge in [-0.15, -0.1) is 0 Å². The lowest BCUT2D eigenvalue weighted by atomic mass is 9.74. The SMILES string of the molecule is CCC(C)(C)c1c(C(C)(C)C)cn2ccccc12. The van der Waals surface area contributed by atoms with Gasteiger partial charge in [-0.1, -0.05) is 47.6 Å². The zero-order chi connectivity index (χ0) is 13.6. The molecule has 1 nitrogen and oxygen atoms in total. The molecule has 0 aliphatic rings. The third-order valence-corrected chi connectivity index (χ3v) is 4.05. The first-order valence-corrected chi connectivity index (χ1v) is 6.88. The average Bonchev–Trinajstić information content (AvgIpc) is 2.68. The van der Waals surface area contributed by atoms with Gasteiger partial charge in [-0.3, -0.25) is 0 Å². The molecule has 0 fully saturated rings. The van der Waals surface area contributed by atoms with Gasteiger partial charge in [-0.2, -0.15) is 0 Å². The minimum atomic E-state index is 0.188. The molecule has 0 radical (unpaired) electrons. The normalized spacial score (nSPS) is 13.2. The van der Waals surface area contributed by atoms with Crippen molar-refractivity contribution in [2.24, 2.45) is 0 Å². The average molecular weight is 243 g/mol. The third kappa shape index (κ3) is 2.07. The van der Waals surface area contributed by atoms with Gasteiger partial charge in [0.25, 0.3) is 0 Å². The van der Waals surface area contributed by atoms with E-state index in [0.29, 0.717) is 0 Å². The second-order valence-electron chi connectivity index (χ2n) is 6.90. The number of pyridine rings is 1. The molecule has 0 N–H and O–H groups in total. The van der Waals surface area contributed by atoms with Crippen molar-refractivity contribution in [2.45, 2.75) is 58.8 Å². The maximum absolute atomic E-state index is 2.35. The van der Waals surface area contributed by atoms with Gasteiger partial charge in [-0.25, -0.2) is 0 Å². The Morgan fingerprint density at radius 2 is 1.72 bits per heavy atom. The molecule has 0 spiro atoms. The van der Waals surface area contributed by atoms with Crippen molar-refractivity contribution in [3.8, 4) is 0 Å². The van der Waals surface area contributed by atoms with Crippen LogP contribution in [-0.2, 0) is 10.8 Å². The van der Waals surface area contributed by atoms with E-state index in [0.717, 1.165) is 6.42 Å². The van der Waals surface area contributed by atoms with Crippen molar-refractivity contribution in [3.05, 3.63) is 41.7 Å². The molecular weight excluding hydrogens is 218 g/mol. The van der Waals surface area contributed by atoms with Crippen LogP contribution in [0.4, 0.5) is 0 Å². The Hall–Kier alpha value is -1.24. The summed E-state index contributed by atoms with van der Waals surface area (Å²) in [4.78, 5) is 0. The van der Waals surface area contributed by atoms with E-state index in [2.05, 4.69) is 76.5 Å². The Kier molecular flexibility index (Phi) is 3.04. The minimum absolute atomic E-state index is 0.188. The Morgan fingerprint density at radius 3 is 2.28 bits per heavy atom. The standard InChI is InChI=1S/C17H25N/c1-7-17(5,6)15-13(16(2,3)4)12-18-11-9-8-10-14(15)18/h8-12H,7H2,1-6H3. The summed E-state index contributed by atoms with van der Waals surface area (Å²) in [5.41, 5.74) is 4.75. The summed E-state index contributed by atoms with van der Waals surface area (Å²) in [6.07, 6.45) is 5.62. The molecule has 0 aliphatic carbocycles. The van der Waals surface area contributed by atoms with Crippen molar-refractivity contribution >= 4 is 5.52 Å². The summed E-state index contributed by atoms with van der Waals surface area (Å²) in [6.45, 7) is 13.9. The van der Waals surface area contributed by atoms with E-state index in [1.54, 1.807) is 0 Å². The van der Waals surface area contributed by atoms with Crippen LogP contribution in [0.15, 0.2) is 30.6 Å². The number of hydrogen-bond acceptors (Lipinski definition) is 0. The molecule has 2 heterocycles. The molecule has 0 saturated heterocycles. The molecule has 0 bridgehead atoms. The van der Waals surface area contributed by atoms with Crippen molar-refractivity contribution in [1.82, 2.24) is 4.40 Å². The Labute approximate surface area is 111 Å². The van der Waals surface area contributed by atoms with Crippen LogP contribution in [0.25, 0.3) is 5.52 Å². The quantitative estimate of drug-likeness (QED) is 0.705. The number of fused-ring (bicyclic) bond motifs is 1. The van der Waals surface area contributed by atoms with Gasteiger partial charge in [0.2, 0.25) is 0 Å². The number of hydrogen-bond donors (Lipinski definition) is 0. The molecule has 2 rings (SSSR count). The van der Waals surface area contributed by atoms with Gasteiger partial charge in [0.05, 0.1) is 0 Å². The van der Waals surface area contributed by atoms with E-state index >= 15 is 0 Å². The van der Waals surface area contributed by atoms with Crippen molar-refractivity contribution in [1.29, 1.82) is 0 Å². The molecule has 2 aromatic heterocycles. The second kappa shape index (κ2) is 4.15. The zero-order valence-corrected chi connectivity index (χ0v) is 12.5. The Balaban J connectivity index is 2.82. The zero-order valence-electron chi connectivity index (χ0n) is 12.5. The first-order chi connectivity index (χ1) is 8.27. The van der Waals surface area contributed by atoms with Crippen molar-refractivity contribution in [2.75, 3.05) is 0 Å². The van der Waals surface area contributed by atoms with E-state index in [4.69, 9.17) is 0 Å². The monoisotopic (exact) mass is 243 g/mol. The van der Waals surface area contributed by atoms with Crippen LogP contribution in [0, 0.1) is 0 Å². The molecule has 0 unspecified atom stereocenters. The molecule has 0 aliphatic heterocycles. The molecule has 1 heteroatoms. The van der Waals surface area contributed by atoms with Gasteiger partial charge < -0.3 is 4.40 Å². The van der Waals surface area contributed by atoms with Crippen LogP contribution in [0.2, 0.25) is 0 Å². The molecular formula is C17H25N. The number of aromatic nitrogens is 1. The first-order valence-electron chi connectivity index (χ1n) is 6.88. The van der Waals surface area contributed by atoms with Crippen LogP contribution in [0.5, 0.6) is 0 Å². The maximum Gasteiger partial charge on any atom is 0.0490 e. The van der Waals surface area contributed by atoms with Crippen LogP contribution in [0.3, 0.4) is 0 Å². The van der Waals surface area contributed by atoms with Gasteiger partial charge in [0.1, 0.15) is 0 Å². The van der Waals surface area contributed by atoms with Crippen LogP contribution < -0.4 is 0 Å². The summed E-state index contributed by atoms with van der Waals surface area (Å²) in [5, 5.41) is 0. The molecule has 0 aromatic carbocycles. The fourth-order valence-corrected chi connectivity index (χ4v) is 2.58. The largest absolute Gasteiger partial charge is 0.323 e. The lowest BCUT2D eigenvalue weighted by Gasteiger charge is -2.29.